The average molecular weight is 362 g/mol. The lowest BCUT2D eigenvalue weighted by Crippen LogP contribution is -2.03. The highest BCUT2D eigenvalue weighted by molar-refractivity contribution is 6.46. The summed E-state index contributed by atoms with van der Waals surface area (Å²) in [5.41, 5.74) is 0.0256. The van der Waals surface area contributed by atoms with Crippen molar-refractivity contribution in [1.29, 1.82) is 5.26 Å². The van der Waals surface area contributed by atoms with E-state index in [1.165, 1.54) is 6.07 Å². The van der Waals surface area contributed by atoms with Gasteiger partial charge in [0.2, 0.25) is 0 Å². The Hall–Kier alpha value is -1.54. The quantitative estimate of drug-likeness (QED) is 0.670. The number of rotatable bonds is 3. The molecule has 0 saturated heterocycles. The molecule has 2 aromatic carbocycles. The van der Waals surface area contributed by atoms with Crippen LogP contribution in [0.15, 0.2) is 18.2 Å². The number of anilines is 2. The first kappa shape index (κ1) is 16.8. The van der Waals surface area contributed by atoms with Crippen LogP contribution in [0.1, 0.15) is 18.1 Å². The molecule has 0 aromatic heterocycles. The number of nitriles is 1. The Morgan fingerprint density at radius 3 is 2.14 bits per heavy atom. The summed E-state index contributed by atoms with van der Waals surface area (Å²) < 4.78 is 27.5. The van der Waals surface area contributed by atoms with Crippen molar-refractivity contribution in [2.24, 2.45) is 0 Å². The van der Waals surface area contributed by atoms with Crippen LogP contribution in [0.3, 0.4) is 0 Å². The molecular weight excluding hydrogens is 353 g/mol. The van der Waals surface area contributed by atoms with E-state index in [0.717, 1.165) is 12.1 Å². The molecule has 22 heavy (non-hydrogen) atoms. The van der Waals surface area contributed by atoms with E-state index in [9.17, 15) is 14.0 Å². The molecule has 0 amide bonds. The van der Waals surface area contributed by atoms with E-state index < -0.39 is 17.3 Å². The molecule has 2 rings (SSSR count). The Kier molecular flexibility index (Phi) is 5.12. The number of hydrogen-bond acceptors (Lipinski definition) is 2. The lowest BCUT2D eigenvalue weighted by Gasteiger charge is -2.16. The Balaban J connectivity index is 2.69. The van der Waals surface area contributed by atoms with Gasteiger partial charge in [-0.2, -0.15) is 5.26 Å². The van der Waals surface area contributed by atoms with Crippen LogP contribution in [0.25, 0.3) is 0 Å². The van der Waals surface area contributed by atoms with Gasteiger partial charge in [-0.3, -0.25) is 0 Å². The average Bonchev–Trinajstić information content (AvgIpc) is 2.48. The Labute approximate surface area is 141 Å². The van der Waals surface area contributed by atoms with E-state index in [-0.39, 0.29) is 26.3 Å². The first-order chi connectivity index (χ1) is 10.4. The maximum atomic E-state index is 13.8. The summed E-state index contributed by atoms with van der Waals surface area (Å²) in [6, 6.07) is 5.27. The standard InChI is InChI=1S/C15H9Cl3F2N2/c1-2-7-11(16)8(6-21)14(13(18)12(7)17)22-15-9(19)4-3-5-10(15)20/h3-5,22H,2H2,1H3. The molecule has 7 heteroatoms. The zero-order valence-electron chi connectivity index (χ0n) is 11.3. The lowest BCUT2D eigenvalue weighted by molar-refractivity contribution is 0.591. The molecule has 0 aliphatic heterocycles. The van der Waals surface area contributed by atoms with E-state index in [4.69, 9.17) is 34.8 Å². The second-order valence-electron chi connectivity index (χ2n) is 4.36. The van der Waals surface area contributed by atoms with Gasteiger partial charge in [0.05, 0.1) is 26.3 Å². The Bertz CT molecular complexity index is 765. The van der Waals surface area contributed by atoms with E-state index in [1.807, 2.05) is 6.07 Å². The first-order valence-electron chi connectivity index (χ1n) is 6.22. The zero-order valence-corrected chi connectivity index (χ0v) is 13.5. The normalized spacial score (nSPS) is 10.4. The predicted molar refractivity (Wildman–Crippen MR) is 85.2 cm³/mol. The van der Waals surface area contributed by atoms with Crippen molar-refractivity contribution in [1.82, 2.24) is 0 Å². The molecule has 0 saturated carbocycles. The number of hydrogen-bond donors (Lipinski definition) is 1. The molecular formula is C15H9Cl3F2N2. The van der Waals surface area contributed by atoms with Crippen molar-refractivity contribution < 1.29 is 8.78 Å². The molecule has 0 bridgehead atoms. The van der Waals surface area contributed by atoms with Gasteiger partial charge in [0.1, 0.15) is 23.4 Å². The van der Waals surface area contributed by atoms with Crippen molar-refractivity contribution in [2.75, 3.05) is 5.32 Å². The summed E-state index contributed by atoms with van der Waals surface area (Å²) in [6.07, 6.45) is 0.459. The van der Waals surface area contributed by atoms with E-state index in [2.05, 4.69) is 5.32 Å². The third kappa shape index (κ3) is 2.85. The molecule has 1 N–H and O–H groups in total. The number of nitrogens with one attached hydrogen (secondary N) is 1. The van der Waals surface area contributed by atoms with Crippen LogP contribution in [0.2, 0.25) is 15.1 Å². The van der Waals surface area contributed by atoms with Crippen molar-refractivity contribution in [3.05, 3.63) is 56.0 Å². The molecule has 114 valence electrons. The summed E-state index contributed by atoms with van der Waals surface area (Å²) >= 11 is 18.4. The second kappa shape index (κ2) is 6.70. The van der Waals surface area contributed by atoms with Gasteiger partial charge in [-0.15, -0.1) is 0 Å². The fraction of sp³-hybridized carbons (Fsp3) is 0.133. The van der Waals surface area contributed by atoms with E-state index >= 15 is 0 Å². The fourth-order valence-corrected chi connectivity index (χ4v) is 2.98. The van der Waals surface area contributed by atoms with Gasteiger partial charge in [0, 0.05) is 0 Å². The van der Waals surface area contributed by atoms with Crippen LogP contribution >= 0.6 is 34.8 Å². The third-order valence-electron chi connectivity index (χ3n) is 3.09. The SMILES string of the molecule is CCc1c(Cl)c(Cl)c(Nc2c(F)cccc2F)c(C#N)c1Cl. The molecule has 0 spiro atoms. The molecule has 0 aliphatic carbocycles. The molecule has 0 aliphatic rings. The number of halogens is 5. The van der Waals surface area contributed by atoms with Gasteiger partial charge in [0.25, 0.3) is 0 Å². The molecule has 0 heterocycles. The van der Waals surface area contributed by atoms with E-state index in [0.29, 0.717) is 12.0 Å². The molecule has 0 atom stereocenters. The third-order valence-corrected chi connectivity index (χ3v) is 4.40. The summed E-state index contributed by atoms with van der Waals surface area (Å²) in [7, 11) is 0. The largest absolute Gasteiger partial charge is 0.348 e. The predicted octanol–water partition coefficient (Wildman–Crippen LogP) is 6.10. The van der Waals surface area contributed by atoms with Gasteiger partial charge in [-0.25, -0.2) is 8.78 Å². The minimum atomic E-state index is -0.827. The second-order valence-corrected chi connectivity index (χ2v) is 5.49. The summed E-state index contributed by atoms with van der Waals surface area (Å²) in [5, 5.41) is 12.0. The van der Waals surface area contributed by atoms with Gasteiger partial charge < -0.3 is 5.32 Å². The fourth-order valence-electron chi connectivity index (χ4n) is 1.98. The van der Waals surface area contributed by atoms with Gasteiger partial charge >= 0.3 is 0 Å². The van der Waals surface area contributed by atoms with E-state index in [1.54, 1.807) is 6.92 Å². The van der Waals surface area contributed by atoms with Crippen LogP contribution in [0.5, 0.6) is 0 Å². The van der Waals surface area contributed by atoms with Crippen molar-refractivity contribution in [3.63, 3.8) is 0 Å². The highest BCUT2D eigenvalue weighted by Crippen LogP contribution is 2.43. The van der Waals surface area contributed by atoms with Gasteiger partial charge in [-0.1, -0.05) is 47.8 Å². The Morgan fingerprint density at radius 2 is 1.64 bits per heavy atom. The zero-order chi connectivity index (χ0) is 16.4. The monoisotopic (exact) mass is 360 g/mol. The minimum absolute atomic E-state index is 0.0119. The van der Waals surface area contributed by atoms with Crippen molar-refractivity contribution in [2.45, 2.75) is 13.3 Å². The van der Waals surface area contributed by atoms with Crippen LogP contribution in [-0.4, -0.2) is 0 Å². The molecule has 0 fully saturated rings. The van der Waals surface area contributed by atoms with Crippen molar-refractivity contribution in [3.8, 4) is 6.07 Å². The minimum Gasteiger partial charge on any atom is -0.348 e. The van der Waals surface area contributed by atoms with Crippen LogP contribution in [0, 0.1) is 23.0 Å². The number of benzene rings is 2. The lowest BCUT2D eigenvalue weighted by atomic mass is 10.1. The maximum Gasteiger partial charge on any atom is 0.149 e. The summed E-state index contributed by atoms with van der Waals surface area (Å²) in [5.74, 6) is -1.65. The molecule has 2 aromatic rings. The molecule has 2 nitrogen and oxygen atoms in total. The summed E-state index contributed by atoms with van der Waals surface area (Å²) in [4.78, 5) is 0. The van der Waals surface area contributed by atoms with Crippen LogP contribution in [-0.2, 0) is 6.42 Å². The van der Waals surface area contributed by atoms with Crippen molar-refractivity contribution >= 4 is 46.2 Å². The van der Waals surface area contributed by atoms with Crippen LogP contribution in [0.4, 0.5) is 20.2 Å². The van der Waals surface area contributed by atoms with Crippen LogP contribution < -0.4 is 5.32 Å². The first-order valence-corrected chi connectivity index (χ1v) is 7.36. The Morgan fingerprint density at radius 1 is 1.05 bits per heavy atom. The smallest absolute Gasteiger partial charge is 0.149 e. The topological polar surface area (TPSA) is 35.8 Å². The highest BCUT2D eigenvalue weighted by Gasteiger charge is 2.22. The summed E-state index contributed by atoms with van der Waals surface area (Å²) in [6.45, 7) is 1.80. The molecule has 0 radical (unpaired) electrons. The van der Waals surface area contributed by atoms with Gasteiger partial charge in [-0.05, 0) is 24.1 Å². The molecule has 0 unspecified atom stereocenters. The number of nitrogens with zero attached hydrogens (tertiary/aromatic N) is 1. The van der Waals surface area contributed by atoms with Gasteiger partial charge in [0.15, 0.2) is 0 Å². The highest BCUT2D eigenvalue weighted by atomic mass is 35.5. The number of para-hydroxylation sites is 1. The maximum absolute atomic E-state index is 13.8.